The fourth-order valence-electron chi connectivity index (χ4n) is 3.38. The van der Waals surface area contributed by atoms with Gasteiger partial charge in [0.25, 0.3) is 0 Å². The van der Waals surface area contributed by atoms with E-state index in [1.807, 2.05) is 42.5 Å². The van der Waals surface area contributed by atoms with Gasteiger partial charge in [0.15, 0.2) is 0 Å². The van der Waals surface area contributed by atoms with E-state index in [-0.39, 0.29) is 24.7 Å². The number of amides is 2. The molecule has 0 radical (unpaired) electrons. The normalized spacial score (nSPS) is 15.2. The number of fused-ring (bicyclic) bond motifs is 1. The number of hydrogen-bond donors (Lipinski definition) is 3. The van der Waals surface area contributed by atoms with Gasteiger partial charge in [-0.1, -0.05) is 42.5 Å². The minimum atomic E-state index is -1.99. The van der Waals surface area contributed by atoms with Gasteiger partial charge in [0.1, 0.15) is 6.23 Å². The van der Waals surface area contributed by atoms with Crippen LogP contribution in [-0.2, 0) is 20.7 Å². The molecule has 1 aliphatic heterocycles. The predicted octanol–water partition coefficient (Wildman–Crippen LogP) is 0.823. The van der Waals surface area contributed by atoms with Crippen LogP contribution in [0.5, 0.6) is 0 Å². The molecule has 27 heavy (non-hydrogen) atoms. The molecule has 2 aromatic rings. The third-order valence-corrected chi connectivity index (χ3v) is 4.67. The minimum Gasteiger partial charge on any atom is -0.402 e. The van der Waals surface area contributed by atoms with Crippen molar-refractivity contribution in [3.63, 3.8) is 0 Å². The summed E-state index contributed by atoms with van der Waals surface area (Å²) in [5.74, 6) is -0.238. The number of carbonyl (C=O) groups is 2. The second-order valence-electron chi connectivity index (χ2n) is 6.60. The largest absolute Gasteiger partial charge is 0.635 e. The molecule has 0 aromatic heterocycles. The van der Waals surface area contributed by atoms with Gasteiger partial charge in [0.2, 0.25) is 11.8 Å². The average molecular weight is 370 g/mol. The molecule has 0 bridgehead atoms. The lowest BCUT2D eigenvalue weighted by molar-refractivity contribution is -0.129. The first-order valence-corrected chi connectivity index (χ1v) is 9.08. The maximum atomic E-state index is 12.3. The Morgan fingerprint density at radius 3 is 2.74 bits per heavy atom. The zero-order chi connectivity index (χ0) is 19.2. The number of likely N-dealkylation sites (tertiary alicyclic amines) is 1. The first kappa shape index (κ1) is 19.3. The average Bonchev–Trinajstić information content (AvgIpc) is 3.05. The summed E-state index contributed by atoms with van der Waals surface area (Å²) in [5, 5.41) is 23.1. The van der Waals surface area contributed by atoms with Crippen molar-refractivity contribution in [2.45, 2.75) is 31.9 Å². The summed E-state index contributed by atoms with van der Waals surface area (Å²) in [6.45, 7) is 1.03. The van der Waals surface area contributed by atoms with Crippen LogP contribution in [0.4, 0.5) is 0 Å². The van der Waals surface area contributed by atoms with Crippen molar-refractivity contribution in [3.8, 4) is 0 Å². The van der Waals surface area contributed by atoms with Crippen molar-refractivity contribution < 1.29 is 24.3 Å². The molecule has 2 amide bonds. The highest BCUT2D eigenvalue weighted by Crippen LogP contribution is 2.20. The second-order valence-corrected chi connectivity index (χ2v) is 6.60. The molecule has 1 fully saturated rings. The summed E-state index contributed by atoms with van der Waals surface area (Å²) in [6, 6.07) is 13.6. The Balaban J connectivity index is 1.64. The number of nitrogens with zero attached hydrogens (tertiary/aromatic N) is 1. The predicted molar refractivity (Wildman–Crippen MR) is 101 cm³/mol. The molecule has 0 aliphatic carbocycles. The van der Waals surface area contributed by atoms with E-state index in [4.69, 9.17) is 4.65 Å². The van der Waals surface area contributed by atoms with E-state index in [0.717, 1.165) is 22.8 Å². The van der Waals surface area contributed by atoms with E-state index >= 15 is 0 Å². The number of benzene rings is 2. The van der Waals surface area contributed by atoms with Crippen molar-refractivity contribution in [2.24, 2.45) is 0 Å². The topological polar surface area (TPSA) is 99.1 Å². The molecular formula is C19H23BN2O5. The van der Waals surface area contributed by atoms with Gasteiger partial charge in [-0.3, -0.25) is 9.59 Å². The number of carbonyl (C=O) groups excluding carboxylic acids is 2. The monoisotopic (exact) mass is 370 g/mol. The Bertz CT molecular complexity index is 808. The van der Waals surface area contributed by atoms with Crippen molar-refractivity contribution >= 4 is 29.9 Å². The lowest BCUT2D eigenvalue weighted by atomic mass is 10.0. The highest BCUT2D eigenvalue weighted by molar-refractivity contribution is 6.32. The molecule has 0 saturated carbocycles. The maximum Gasteiger partial charge on any atom is 0.635 e. The fourth-order valence-corrected chi connectivity index (χ4v) is 3.38. The highest BCUT2D eigenvalue weighted by atomic mass is 16.6. The van der Waals surface area contributed by atoms with Gasteiger partial charge in [0, 0.05) is 32.4 Å². The molecular weight excluding hydrogens is 347 g/mol. The Hall–Kier alpha value is -2.42. The molecule has 2 aromatic carbocycles. The van der Waals surface area contributed by atoms with Crippen LogP contribution in [0.3, 0.4) is 0 Å². The summed E-state index contributed by atoms with van der Waals surface area (Å²) >= 11 is 0. The van der Waals surface area contributed by atoms with Gasteiger partial charge in [0.05, 0.1) is 0 Å². The zero-order valence-electron chi connectivity index (χ0n) is 15.0. The Labute approximate surface area is 158 Å². The number of hydrogen-bond acceptors (Lipinski definition) is 5. The van der Waals surface area contributed by atoms with Crippen molar-refractivity contribution in [3.05, 3.63) is 48.0 Å². The van der Waals surface area contributed by atoms with Crippen LogP contribution in [0.25, 0.3) is 10.8 Å². The van der Waals surface area contributed by atoms with Crippen LogP contribution >= 0.6 is 0 Å². The van der Waals surface area contributed by atoms with Crippen molar-refractivity contribution in [1.82, 2.24) is 10.2 Å². The van der Waals surface area contributed by atoms with Gasteiger partial charge in [-0.25, -0.2) is 0 Å². The van der Waals surface area contributed by atoms with E-state index in [1.165, 1.54) is 0 Å². The molecule has 1 heterocycles. The number of nitrogens with one attached hydrogen (secondary N) is 1. The molecule has 3 N–H and O–H groups in total. The molecule has 1 saturated heterocycles. The summed E-state index contributed by atoms with van der Waals surface area (Å²) < 4.78 is 5.07. The van der Waals surface area contributed by atoms with Gasteiger partial charge in [-0.2, -0.15) is 0 Å². The van der Waals surface area contributed by atoms with E-state index < -0.39 is 13.5 Å². The summed E-state index contributed by atoms with van der Waals surface area (Å²) in [5.41, 5.74) is 0.925. The maximum absolute atomic E-state index is 12.3. The second kappa shape index (κ2) is 8.99. The van der Waals surface area contributed by atoms with Gasteiger partial charge < -0.3 is 24.9 Å². The summed E-state index contributed by atoms with van der Waals surface area (Å²) in [4.78, 5) is 25.6. The summed E-state index contributed by atoms with van der Waals surface area (Å²) in [6.07, 6.45) is 0.892. The SMILES string of the molecule is O=C(CCN1CCCC1=O)N[C@@H](Cc1cccc2ccccc12)OB(O)O. The molecule has 142 valence electrons. The van der Waals surface area contributed by atoms with Gasteiger partial charge >= 0.3 is 7.32 Å². The molecule has 7 nitrogen and oxygen atoms in total. The van der Waals surface area contributed by atoms with E-state index in [1.54, 1.807) is 4.90 Å². The van der Waals surface area contributed by atoms with Crippen LogP contribution in [0.15, 0.2) is 42.5 Å². The van der Waals surface area contributed by atoms with Crippen molar-refractivity contribution in [1.29, 1.82) is 0 Å². The van der Waals surface area contributed by atoms with E-state index in [2.05, 4.69) is 5.32 Å². The molecule has 1 atom stereocenters. The Morgan fingerprint density at radius 1 is 1.22 bits per heavy atom. The lowest BCUT2D eigenvalue weighted by Crippen LogP contribution is -2.43. The van der Waals surface area contributed by atoms with Crippen LogP contribution in [-0.4, -0.2) is 53.4 Å². The first-order chi connectivity index (χ1) is 13.0. The lowest BCUT2D eigenvalue weighted by Gasteiger charge is -2.21. The van der Waals surface area contributed by atoms with Crippen molar-refractivity contribution in [2.75, 3.05) is 13.1 Å². The van der Waals surface area contributed by atoms with Crippen LogP contribution in [0, 0.1) is 0 Å². The van der Waals surface area contributed by atoms with Crippen LogP contribution in [0.1, 0.15) is 24.8 Å². The van der Waals surface area contributed by atoms with Crippen LogP contribution < -0.4 is 5.32 Å². The molecule has 1 aliphatic rings. The van der Waals surface area contributed by atoms with Gasteiger partial charge in [-0.15, -0.1) is 0 Å². The molecule has 8 heteroatoms. The fraction of sp³-hybridized carbons (Fsp3) is 0.368. The Kier molecular flexibility index (Phi) is 6.44. The molecule has 3 rings (SSSR count). The first-order valence-electron chi connectivity index (χ1n) is 9.08. The van der Waals surface area contributed by atoms with E-state index in [0.29, 0.717) is 19.5 Å². The Morgan fingerprint density at radius 2 is 2.00 bits per heavy atom. The standard InChI is InChI=1S/C19H23BN2O5/c23-17(10-12-22-11-4-9-19(22)24)21-18(27-20(25)26)13-15-7-3-6-14-5-1-2-8-16(14)15/h1-3,5-8,18,25-26H,4,9-13H2,(H,21,23)/t18-/m1/s1. The van der Waals surface area contributed by atoms with Crippen LogP contribution in [0.2, 0.25) is 0 Å². The van der Waals surface area contributed by atoms with Gasteiger partial charge in [-0.05, 0) is 22.8 Å². The molecule has 0 unspecified atom stereocenters. The third-order valence-electron chi connectivity index (χ3n) is 4.67. The summed E-state index contributed by atoms with van der Waals surface area (Å²) in [7, 11) is -1.99. The highest BCUT2D eigenvalue weighted by Gasteiger charge is 2.23. The minimum absolute atomic E-state index is 0.0668. The third kappa shape index (κ3) is 5.29. The molecule has 0 spiro atoms. The number of rotatable bonds is 8. The van der Waals surface area contributed by atoms with E-state index in [9.17, 15) is 19.6 Å². The smallest absolute Gasteiger partial charge is 0.402 e. The zero-order valence-corrected chi connectivity index (χ0v) is 15.0. The quantitative estimate of drug-likeness (QED) is 0.472.